The molecule has 0 aromatic heterocycles. The van der Waals surface area contributed by atoms with E-state index in [-0.39, 0.29) is 19.4 Å². The predicted molar refractivity (Wildman–Crippen MR) is 59.3 cm³/mol. The van der Waals surface area contributed by atoms with Crippen molar-refractivity contribution in [1.82, 2.24) is 0 Å². The van der Waals surface area contributed by atoms with Crippen LogP contribution in [0.1, 0.15) is 33.1 Å². The highest BCUT2D eigenvalue weighted by Crippen LogP contribution is 1.83. The molecule has 9 nitrogen and oxygen atoms in total. The fourth-order valence-corrected chi connectivity index (χ4v) is 0.465. The number of aliphatic hydroxyl groups is 3. The number of hydrogen-bond acceptors (Lipinski definition) is 9. The maximum absolute atomic E-state index is 9.54. The molecule has 0 amide bonds. The van der Waals surface area contributed by atoms with Gasteiger partial charge in [-0.1, -0.05) is 0 Å². The van der Waals surface area contributed by atoms with Crippen LogP contribution in [0, 0.1) is 0 Å². The number of rotatable bonds is 6. The van der Waals surface area contributed by atoms with Crippen molar-refractivity contribution in [2.24, 2.45) is 0 Å². The van der Waals surface area contributed by atoms with E-state index in [0.717, 1.165) is 6.92 Å². The summed E-state index contributed by atoms with van der Waals surface area (Å²) in [5.74, 6) is -3.75. The van der Waals surface area contributed by atoms with Gasteiger partial charge < -0.3 is 45.0 Å². The van der Waals surface area contributed by atoms with Crippen molar-refractivity contribution in [2.45, 2.75) is 45.3 Å². The molecule has 0 aliphatic rings. The predicted octanol–water partition coefficient (Wildman–Crippen LogP) is -4.87. The minimum atomic E-state index is -1.44. The quantitative estimate of drug-likeness (QED) is 0.432. The van der Waals surface area contributed by atoms with Crippen molar-refractivity contribution in [3.8, 4) is 0 Å². The molecule has 2 atom stereocenters. The fourth-order valence-electron chi connectivity index (χ4n) is 0.465. The summed E-state index contributed by atoms with van der Waals surface area (Å²) in [7, 11) is 0. The number of carboxylic acids is 3. The van der Waals surface area contributed by atoms with Gasteiger partial charge in [0.2, 0.25) is 0 Å². The van der Waals surface area contributed by atoms with E-state index in [4.69, 9.17) is 15.3 Å². The lowest BCUT2D eigenvalue weighted by atomic mass is 10.3. The summed E-state index contributed by atoms with van der Waals surface area (Å²) in [6.45, 7) is 2.46. The second kappa shape index (κ2) is 15.3. The Morgan fingerprint density at radius 1 is 1.00 bits per heavy atom. The highest BCUT2D eigenvalue weighted by Gasteiger charge is 1.91. The number of aliphatic carboxylic acids is 3. The number of hydrogen-bond donors (Lipinski definition) is 3. The molecule has 0 aromatic carbocycles. The van der Waals surface area contributed by atoms with Crippen molar-refractivity contribution in [2.75, 3.05) is 6.61 Å². The Kier molecular flexibility index (Phi) is 17.9. The molecular formula is C11H19O9-3. The molecule has 3 N–H and O–H groups in total. The van der Waals surface area contributed by atoms with Gasteiger partial charge in [0.25, 0.3) is 0 Å². The zero-order chi connectivity index (χ0) is 16.7. The third-order valence-corrected chi connectivity index (χ3v) is 1.34. The van der Waals surface area contributed by atoms with E-state index in [9.17, 15) is 29.7 Å². The van der Waals surface area contributed by atoms with Gasteiger partial charge in [0.1, 0.15) is 0 Å². The summed E-state index contributed by atoms with van der Waals surface area (Å²) in [5, 5.41) is 52.7. The van der Waals surface area contributed by atoms with Gasteiger partial charge in [-0.15, -0.1) is 0 Å². The molecule has 0 fully saturated rings. The van der Waals surface area contributed by atoms with Crippen LogP contribution in [0.15, 0.2) is 0 Å². The van der Waals surface area contributed by atoms with Crippen LogP contribution >= 0.6 is 0 Å². The lowest BCUT2D eigenvalue weighted by Gasteiger charge is -2.01. The highest BCUT2D eigenvalue weighted by atomic mass is 16.4. The second-order valence-corrected chi connectivity index (χ2v) is 3.62. The van der Waals surface area contributed by atoms with Gasteiger partial charge in [-0.05, 0) is 26.7 Å². The number of carbonyl (C=O) groups excluding carboxylic acids is 3. The molecule has 0 radical (unpaired) electrons. The molecule has 0 aliphatic carbocycles. The van der Waals surface area contributed by atoms with E-state index in [1.165, 1.54) is 6.92 Å². The molecule has 2 unspecified atom stereocenters. The average Bonchev–Trinajstić information content (AvgIpc) is 2.25. The van der Waals surface area contributed by atoms with Crippen LogP contribution in [0.2, 0.25) is 0 Å². The summed E-state index contributed by atoms with van der Waals surface area (Å²) in [6.07, 6.45) is -2.16. The Balaban J connectivity index is -0.000000218. The van der Waals surface area contributed by atoms with E-state index in [1.54, 1.807) is 0 Å². The lowest BCUT2D eigenvalue weighted by molar-refractivity contribution is -0.314. The summed E-state index contributed by atoms with van der Waals surface area (Å²) in [6, 6.07) is 0. The van der Waals surface area contributed by atoms with Gasteiger partial charge in [0.05, 0.1) is 18.2 Å². The zero-order valence-corrected chi connectivity index (χ0v) is 11.3. The molecule has 9 heteroatoms. The fraction of sp³-hybridized carbons (Fsp3) is 0.727. The molecule has 0 aliphatic heterocycles. The van der Waals surface area contributed by atoms with Gasteiger partial charge in [0.15, 0.2) is 0 Å². The molecule has 0 rings (SSSR count). The standard InChI is InChI=1S/2C4H8O3.C3H6O3/c1-3(5)2-4(6)7;5-3-1-2-4(6)7;1-2(4)3(5)6/h3,5H,2H2,1H3,(H,6,7);5H,1-3H2,(H,6,7);2,4H,1H3,(H,5,6)/p-3. The Bertz CT molecular complexity index is 273. The van der Waals surface area contributed by atoms with Gasteiger partial charge in [0, 0.05) is 25.0 Å². The summed E-state index contributed by atoms with van der Waals surface area (Å²) < 4.78 is 0. The Labute approximate surface area is 116 Å². The molecule has 0 spiro atoms. The molecule has 0 saturated heterocycles. The van der Waals surface area contributed by atoms with Crippen molar-refractivity contribution >= 4 is 17.9 Å². The van der Waals surface area contributed by atoms with Crippen LogP contribution in [-0.2, 0) is 14.4 Å². The topological polar surface area (TPSA) is 181 Å². The Morgan fingerprint density at radius 3 is 1.45 bits per heavy atom. The van der Waals surface area contributed by atoms with Crippen LogP contribution in [0.4, 0.5) is 0 Å². The first-order valence-corrected chi connectivity index (χ1v) is 5.62. The maximum atomic E-state index is 9.54. The maximum Gasteiger partial charge on any atom is 0.0905 e. The Hall–Kier alpha value is -1.71. The number of carbonyl (C=O) groups is 3. The van der Waals surface area contributed by atoms with Gasteiger partial charge in [-0.25, -0.2) is 0 Å². The minimum Gasteiger partial charge on any atom is -0.550 e. The van der Waals surface area contributed by atoms with E-state index in [1.807, 2.05) is 0 Å². The van der Waals surface area contributed by atoms with Gasteiger partial charge in [-0.2, -0.15) is 0 Å². The van der Waals surface area contributed by atoms with Crippen molar-refractivity contribution < 1.29 is 45.0 Å². The van der Waals surface area contributed by atoms with Gasteiger partial charge >= 0.3 is 0 Å². The third kappa shape index (κ3) is 36.0. The van der Waals surface area contributed by atoms with E-state index >= 15 is 0 Å². The summed E-state index contributed by atoms with van der Waals surface area (Å²) in [5.41, 5.74) is 0. The first-order valence-electron chi connectivity index (χ1n) is 5.62. The Morgan fingerprint density at radius 2 is 1.40 bits per heavy atom. The highest BCUT2D eigenvalue weighted by molar-refractivity contribution is 5.68. The van der Waals surface area contributed by atoms with Crippen LogP contribution in [0.5, 0.6) is 0 Å². The monoisotopic (exact) mass is 295 g/mol. The first kappa shape index (κ1) is 23.4. The van der Waals surface area contributed by atoms with Crippen molar-refractivity contribution in [1.29, 1.82) is 0 Å². The van der Waals surface area contributed by atoms with Crippen molar-refractivity contribution in [3.05, 3.63) is 0 Å². The molecule has 20 heavy (non-hydrogen) atoms. The van der Waals surface area contributed by atoms with Gasteiger partial charge in [-0.3, -0.25) is 0 Å². The third-order valence-electron chi connectivity index (χ3n) is 1.34. The van der Waals surface area contributed by atoms with E-state index < -0.39 is 30.1 Å². The summed E-state index contributed by atoms with van der Waals surface area (Å²) >= 11 is 0. The molecule has 0 saturated carbocycles. The largest absolute Gasteiger partial charge is 0.550 e. The van der Waals surface area contributed by atoms with Crippen LogP contribution < -0.4 is 15.3 Å². The van der Waals surface area contributed by atoms with Crippen LogP contribution in [-0.4, -0.2) is 52.0 Å². The smallest absolute Gasteiger partial charge is 0.0905 e. The lowest BCUT2D eigenvalue weighted by Crippen LogP contribution is -2.32. The molecular weight excluding hydrogens is 276 g/mol. The second-order valence-electron chi connectivity index (χ2n) is 3.62. The van der Waals surface area contributed by atoms with E-state index in [2.05, 4.69) is 0 Å². The molecule has 0 heterocycles. The first-order chi connectivity index (χ1) is 9.04. The van der Waals surface area contributed by atoms with Crippen LogP contribution in [0.25, 0.3) is 0 Å². The zero-order valence-electron chi connectivity index (χ0n) is 11.3. The molecule has 0 bridgehead atoms. The number of carboxylic acid groups (broad SMARTS) is 3. The minimum absolute atomic E-state index is 0.0451. The average molecular weight is 295 g/mol. The molecule has 0 aromatic rings. The van der Waals surface area contributed by atoms with E-state index in [0.29, 0.717) is 6.42 Å². The number of aliphatic hydroxyl groups excluding tert-OH is 3. The summed E-state index contributed by atoms with van der Waals surface area (Å²) in [4.78, 5) is 28.4. The van der Waals surface area contributed by atoms with Crippen LogP contribution in [0.3, 0.4) is 0 Å². The normalized spacial score (nSPS) is 11.8. The molecule has 120 valence electrons. The SMILES string of the molecule is CC(O)C(=O)[O-].CC(O)CC(=O)[O-].O=C([O-])CCCO. The van der Waals surface area contributed by atoms with Crippen molar-refractivity contribution in [3.63, 3.8) is 0 Å².